The zero-order chi connectivity index (χ0) is 25.8. The first-order valence-corrected chi connectivity index (χ1v) is 12.1. The first-order chi connectivity index (χ1) is 17.3. The molecule has 1 aromatic heterocycles. The third-order valence-electron chi connectivity index (χ3n) is 5.64. The number of nitrogens with one attached hydrogen (secondary N) is 3. The Morgan fingerprint density at radius 1 is 1.17 bits per heavy atom. The number of esters is 1. The minimum absolute atomic E-state index is 0.0888. The van der Waals surface area contributed by atoms with Gasteiger partial charge in [-0.05, 0) is 78.7 Å². The van der Waals surface area contributed by atoms with Crippen LogP contribution in [0.15, 0.2) is 59.2 Å². The highest BCUT2D eigenvalue weighted by atomic mass is 79.9. The first kappa shape index (κ1) is 25.3. The largest absolute Gasteiger partial charge is 0.422 e. The molecule has 2 aromatic carbocycles. The summed E-state index contributed by atoms with van der Waals surface area (Å²) >= 11 is 3.28. The minimum Gasteiger partial charge on any atom is -0.422 e. The van der Waals surface area contributed by atoms with Crippen LogP contribution in [0.1, 0.15) is 52.5 Å². The molecule has 2 amide bonds. The summed E-state index contributed by atoms with van der Waals surface area (Å²) in [6.45, 7) is 3.92. The van der Waals surface area contributed by atoms with Gasteiger partial charge in [0.1, 0.15) is 17.4 Å². The number of ketones is 1. The number of ether oxygens (including phenoxy) is 1. The Hall–Kier alpha value is -3.79. The van der Waals surface area contributed by atoms with Gasteiger partial charge in [0.25, 0.3) is 0 Å². The van der Waals surface area contributed by atoms with E-state index in [0.29, 0.717) is 18.8 Å². The van der Waals surface area contributed by atoms with Crippen molar-refractivity contribution in [1.82, 2.24) is 10.3 Å². The predicted octanol–water partition coefficient (Wildman–Crippen LogP) is 5.51. The van der Waals surface area contributed by atoms with Crippen molar-refractivity contribution in [1.29, 1.82) is 0 Å². The summed E-state index contributed by atoms with van der Waals surface area (Å²) in [6, 6.07) is 11.7. The van der Waals surface area contributed by atoms with Crippen molar-refractivity contribution in [3.8, 4) is 5.75 Å². The molecule has 1 aliphatic carbocycles. The molecule has 3 N–H and O–H groups in total. The third kappa shape index (κ3) is 5.88. The standard InChI is InChI=1S/C26H24BrFN4O4/c1-3-29-17-6-4-5-15(11-17)25(34)36-24-18(14(2)33)8-9-20(28)23(24)19-12-21(19)31-26(35)32-22-10-7-16(27)13-30-22/h4-11,13,19,21,29H,3,12H2,1-2H3,(H2,30,31,32,35)/t19-,21+/m1/s1. The number of anilines is 2. The maximum Gasteiger partial charge on any atom is 0.343 e. The SMILES string of the molecule is CCNc1cccc(C(=O)Oc2c(C(C)=O)ccc(F)c2[C@@H]2C[C@@H]2NC(=O)Nc2ccc(Br)cn2)c1. The van der Waals surface area contributed by atoms with Crippen LogP contribution in [0, 0.1) is 5.82 Å². The molecule has 0 spiro atoms. The second-order valence-electron chi connectivity index (χ2n) is 8.30. The number of halogens is 2. The van der Waals surface area contributed by atoms with Crippen LogP contribution >= 0.6 is 15.9 Å². The number of rotatable bonds is 8. The molecule has 1 heterocycles. The summed E-state index contributed by atoms with van der Waals surface area (Å²) in [5.74, 6) is -1.94. The molecular formula is C26H24BrFN4O4. The molecule has 0 radical (unpaired) electrons. The lowest BCUT2D eigenvalue weighted by Crippen LogP contribution is -2.31. The van der Waals surface area contributed by atoms with E-state index in [1.54, 1.807) is 36.5 Å². The molecule has 0 unspecified atom stereocenters. The summed E-state index contributed by atoms with van der Waals surface area (Å²) in [4.78, 5) is 41.8. The average molecular weight is 555 g/mol. The molecule has 0 saturated heterocycles. The highest BCUT2D eigenvalue weighted by Gasteiger charge is 2.44. The molecule has 0 aliphatic heterocycles. The van der Waals surface area contributed by atoms with E-state index < -0.39 is 29.8 Å². The third-order valence-corrected chi connectivity index (χ3v) is 6.11. The van der Waals surface area contributed by atoms with Crippen LogP contribution in [-0.2, 0) is 0 Å². The Labute approximate surface area is 215 Å². The van der Waals surface area contributed by atoms with Crippen LogP contribution < -0.4 is 20.7 Å². The molecule has 1 saturated carbocycles. The number of pyridine rings is 1. The van der Waals surface area contributed by atoms with Crippen molar-refractivity contribution in [3.63, 3.8) is 0 Å². The first-order valence-electron chi connectivity index (χ1n) is 11.3. The van der Waals surface area contributed by atoms with Gasteiger partial charge in [0.2, 0.25) is 0 Å². The summed E-state index contributed by atoms with van der Waals surface area (Å²) in [7, 11) is 0. The predicted molar refractivity (Wildman–Crippen MR) is 137 cm³/mol. The number of hydrogen-bond donors (Lipinski definition) is 3. The van der Waals surface area contributed by atoms with Crippen LogP contribution in [0.5, 0.6) is 5.75 Å². The topological polar surface area (TPSA) is 109 Å². The highest BCUT2D eigenvalue weighted by Crippen LogP contribution is 2.47. The summed E-state index contributed by atoms with van der Waals surface area (Å²) < 4.78 is 21.4. The van der Waals surface area contributed by atoms with Gasteiger partial charge < -0.3 is 15.4 Å². The van der Waals surface area contributed by atoms with Crippen molar-refractivity contribution in [2.24, 2.45) is 0 Å². The van der Waals surface area contributed by atoms with Gasteiger partial charge in [-0.25, -0.2) is 19.0 Å². The number of carbonyl (C=O) groups excluding carboxylic acids is 3. The fraction of sp³-hybridized carbons (Fsp3) is 0.231. The number of urea groups is 1. The van der Waals surface area contributed by atoms with Gasteiger partial charge in [0.05, 0.1) is 11.1 Å². The molecule has 8 nitrogen and oxygen atoms in total. The Morgan fingerprint density at radius 3 is 2.67 bits per heavy atom. The van der Waals surface area contributed by atoms with Gasteiger partial charge in [0, 0.05) is 40.4 Å². The number of Topliss-reactive ketones (excluding diaryl/α,β-unsaturated/α-hetero) is 1. The molecule has 4 rings (SSSR count). The van der Waals surface area contributed by atoms with E-state index in [9.17, 15) is 14.4 Å². The fourth-order valence-corrected chi connectivity index (χ4v) is 4.10. The summed E-state index contributed by atoms with van der Waals surface area (Å²) in [5.41, 5.74) is 1.17. The highest BCUT2D eigenvalue weighted by molar-refractivity contribution is 9.10. The van der Waals surface area contributed by atoms with E-state index in [4.69, 9.17) is 4.74 Å². The van der Waals surface area contributed by atoms with Crippen molar-refractivity contribution in [3.05, 3.63) is 81.7 Å². The number of hydrogen-bond acceptors (Lipinski definition) is 6. The number of nitrogens with zero attached hydrogens (tertiary/aromatic N) is 1. The van der Waals surface area contributed by atoms with Crippen LogP contribution in [0.4, 0.5) is 20.7 Å². The lowest BCUT2D eigenvalue weighted by molar-refractivity contribution is 0.0730. The van der Waals surface area contributed by atoms with E-state index in [1.165, 1.54) is 19.1 Å². The summed E-state index contributed by atoms with van der Waals surface area (Å²) in [6.07, 6.45) is 1.97. The van der Waals surface area contributed by atoms with E-state index in [0.717, 1.165) is 10.2 Å². The van der Waals surface area contributed by atoms with Gasteiger partial charge in [-0.15, -0.1) is 0 Å². The van der Waals surface area contributed by atoms with Crippen LogP contribution in [0.25, 0.3) is 0 Å². The molecule has 186 valence electrons. The average Bonchev–Trinajstić information content (AvgIpc) is 3.59. The van der Waals surface area contributed by atoms with Crippen molar-refractivity contribution < 1.29 is 23.5 Å². The Morgan fingerprint density at radius 2 is 1.97 bits per heavy atom. The minimum atomic E-state index is -0.715. The normalized spacial score (nSPS) is 16.1. The molecule has 1 aliphatic rings. The van der Waals surface area contributed by atoms with Gasteiger partial charge in [0.15, 0.2) is 5.78 Å². The summed E-state index contributed by atoms with van der Waals surface area (Å²) in [5, 5.41) is 8.51. The molecule has 1 fully saturated rings. The van der Waals surface area contributed by atoms with Gasteiger partial charge >= 0.3 is 12.0 Å². The second kappa shape index (κ2) is 10.9. The van der Waals surface area contributed by atoms with E-state index in [2.05, 4.69) is 36.9 Å². The van der Waals surface area contributed by atoms with E-state index >= 15 is 4.39 Å². The lowest BCUT2D eigenvalue weighted by Gasteiger charge is -2.15. The van der Waals surface area contributed by atoms with Crippen molar-refractivity contribution in [2.75, 3.05) is 17.2 Å². The molecule has 36 heavy (non-hydrogen) atoms. The van der Waals surface area contributed by atoms with Crippen molar-refractivity contribution >= 4 is 45.2 Å². The van der Waals surface area contributed by atoms with Crippen molar-refractivity contribution in [2.45, 2.75) is 32.2 Å². The monoisotopic (exact) mass is 554 g/mol. The van der Waals surface area contributed by atoms with Gasteiger partial charge in [-0.2, -0.15) is 0 Å². The molecular weight excluding hydrogens is 531 g/mol. The number of benzene rings is 2. The maximum absolute atomic E-state index is 15.0. The number of aromatic nitrogens is 1. The Kier molecular flexibility index (Phi) is 7.64. The number of amides is 2. The van der Waals surface area contributed by atoms with Crippen LogP contribution in [-0.4, -0.2) is 35.4 Å². The molecule has 2 atom stereocenters. The zero-order valence-corrected chi connectivity index (χ0v) is 21.2. The zero-order valence-electron chi connectivity index (χ0n) is 19.6. The molecule has 3 aromatic rings. The quantitative estimate of drug-likeness (QED) is 0.192. The lowest BCUT2D eigenvalue weighted by atomic mass is 10.0. The smallest absolute Gasteiger partial charge is 0.343 e. The Balaban J connectivity index is 1.54. The van der Waals surface area contributed by atoms with Crippen LogP contribution in [0.2, 0.25) is 0 Å². The van der Waals surface area contributed by atoms with E-state index in [1.807, 2.05) is 13.0 Å². The maximum atomic E-state index is 15.0. The van der Waals surface area contributed by atoms with E-state index in [-0.39, 0.29) is 28.2 Å². The fourth-order valence-electron chi connectivity index (χ4n) is 3.86. The van der Waals surface area contributed by atoms with Gasteiger partial charge in [-0.1, -0.05) is 6.07 Å². The molecule has 10 heteroatoms. The second-order valence-corrected chi connectivity index (χ2v) is 9.22. The Bertz CT molecular complexity index is 1320. The van der Waals surface area contributed by atoms with Gasteiger partial charge in [-0.3, -0.25) is 10.1 Å². The van der Waals surface area contributed by atoms with Crippen LogP contribution in [0.3, 0.4) is 0 Å². The number of carbonyl (C=O) groups is 3. The molecule has 0 bridgehead atoms.